The molecule has 1 unspecified atom stereocenters. The topological polar surface area (TPSA) is 64.1 Å². The molecule has 6 heteroatoms. The maximum Gasteiger partial charge on any atom is 0.226 e. The van der Waals surface area contributed by atoms with Crippen LogP contribution >= 0.6 is 0 Å². The Kier molecular flexibility index (Phi) is 5.18. The number of nitrogens with one attached hydrogen (secondary N) is 1. The van der Waals surface area contributed by atoms with E-state index in [1.165, 1.54) is 0 Å². The van der Waals surface area contributed by atoms with Crippen molar-refractivity contribution in [3.63, 3.8) is 0 Å². The first kappa shape index (κ1) is 12.9. The SMILES string of the molecule is COc1cc(C)nc(NCCCS(C)=O)n1. The third-order valence-electron chi connectivity index (χ3n) is 1.93. The van der Waals surface area contributed by atoms with E-state index in [0.29, 0.717) is 24.1 Å². The third-order valence-corrected chi connectivity index (χ3v) is 2.80. The quantitative estimate of drug-likeness (QED) is 0.754. The molecule has 1 heterocycles. The molecule has 0 saturated carbocycles. The second kappa shape index (κ2) is 6.42. The van der Waals surface area contributed by atoms with Gasteiger partial charge in [0.25, 0.3) is 0 Å². The van der Waals surface area contributed by atoms with Gasteiger partial charge < -0.3 is 10.1 Å². The van der Waals surface area contributed by atoms with Gasteiger partial charge in [0.1, 0.15) is 0 Å². The first-order chi connectivity index (χ1) is 7.61. The number of anilines is 1. The van der Waals surface area contributed by atoms with Crippen LogP contribution in [-0.2, 0) is 10.8 Å². The van der Waals surface area contributed by atoms with E-state index in [9.17, 15) is 4.21 Å². The predicted molar refractivity (Wildman–Crippen MR) is 65.4 cm³/mol. The second-order valence-electron chi connectivity index (χ2n) is 3.43. The van der Waals surface area contributed by atoms with E-state index in [2.05, 4.69) is 15.3 Å². The van der Waals surface area contributed by atoms with Crippen LogP contribution in [0.1, 0.15) is 12.1 Å². The lowest BCUT2D eigenvalue weighted by Gasteiger charge is -2.06. The van der Waals surface area contributed by atoms with Crippen LogP contribution < -0.4 is 10.1 Å². The second-order valence-corrected chi connectivity index (χ2v) is 4.99. The smallest absolute Gasteiger partial charge is 0.226 e. The highest BCUT2D eigenvalue weighted by atomic mass is 32.2. The molecule has 0 bridgehead atoms. The van der Waals surface area contributed by atoms with E-state index in [1.54, 1.807) is 19.4 Å². The van der Waals surface area contributed by atoms with Crippen LogP contribution in [0.25, 0.3) is 0 Å². The molecule has 0 amide bonds. The molecule has 0 saturated heterocycles. The van der Waals surface area contributed by atoms with Crippen LogP contribution in [0.3, 0.4) is 0 Å². The van der Waals surface area contributed by atoms with Crippen molar-refractivity contribution in [1.29, 1.82) is 0 Å². The number of rotatable bonds is 6. The highest BCUT2D eigenvalue weighted by Crippen LogP contribution is 2.10. The molecule has 0 aliphatic carbocycles. The van der Waals surface area contributed by atoms with Gasteiger partial charge in [-0.05, 0) is 13.3 Å². The molecule has 1 atom stereocenters. The van der Waals surface area contributed by atoms with Crippen LogP contribution in [0.5, 0.6) is 5.88 Å². The Bertz CT molecular complexity index is 371. The van der Waals surface area contributed by atoms with Crippen LogP contribution in [0.15, 0.2) is 6.07 Å². The lowest BCUT2D eigenvalue weighted by atomic mass is 10.4. The van der Waals surface area contributed by atoms with Gasteiger partial charge in [-0.2, -0.15) is 4.98 Å². The largest absolute Gasteiger partial charge is 0.481 e. The molecule has 0 fully saturated rings. The minimum atomic E-state index is -0.739. The van der Waals surface area contributed by atoms with E-state index in [0.717, 1.165) is 12.1 Å². The number of methoxy groups -OCH3 is 1. The zero-order chi connectivity index (χ0) is 12.0. The van der Waals surface area contributed by atoms with E-state index >= 15 is 0 Å². The standard InChI is InChI=1S/C10H17N3O2S/c1-8-7-9(15-2)13-10(12-8)11-5-4-6-16(3)14/h7H,4-6H2,1-3H3,(H,11,12,13). The summed E-state index contributed by atoms with van der Waals surface area (Å²) in [6.07, 6.45) is 2.54. The monoisotopic (exact) mass is 243 g/mol. The lowest BCUT2D eigenvalue weighted by Crippen LogP contribution is -2.09. The summed E-state index contributed by atoms with van der Waals surface area (Å²) in [7, 11) is 0.836. The maximum absolute atomic E-state index is 10.8. The lowest BCUT2D eigenvalue weighted by molar-refractivity contribution is 0.397. The number of aromatic nitrogens is 2. The van der Waals surface area contributed by atoms with Crippen molar-refractivity contribution >= 4 is 16.7 Å². The van der Waals surface area contributed by atoms with Crippen molar-refractivity contribution in [1.82, 2.24) is 9.97 Å². The van der Waals surface area contributed by atoms with Crippen LogP contribution in [0, 0.1) is 6.92 Å². The Morgan fingerprint density at radius 2 is 2.25 bits per heavy atom. The summed E-state index contributed by atoms with van der Waals surface area (Å²) in [5, 5.41) is 3.08. The Hall–Kier alpha value is -1.17. The van der Waals surface area contributed by atoms with Crippen molar-refractivity contribution in [3.05, 3.63) is 11.8 Å². The summed E-state index contributed by atoms with van der Waals surface area (Å²) >= 11 is 0. The minimum absolute atomic E-state index is 0.550. The normalized spacial score (nSPS) is 12.2. The Balaban J connectivity index is 2.47. The molecule has 1 aromatic rings. The summed E-state index contributed by atoms with van der Waals surface area (Å²) in [6, 6.07) is 1.77. The summed E-state index contributed by atoms with van der Waals surface area (Å²) in [5.41, 5.74) is 0.855. The molecule has 0 spiro atoms. The summed E-state index contributed by atoms with van der Waals surface area (Å²) in [5.74, 6) is 1.79. The maximum atomic E-state index is 10.8. The molecule has 0 aliphatic rings. The van der Waals surface area contributed by atoms with Gasteiger partial charge in [-0.25, -0.2) is 4.98 Å². The molecular formula is C10H17N3O2S. The van der Waals surface area contributed by atoms with Gasteiger partial charge in [0.05, 0.1) is 7.11 Å². The van der Waals surface area contributed by atoms with Crippen molar-refractivity contribution in [2.75, 3.05) is 31.0 Å². The van der Waals surface area contributed by atoms with Gasteiger partial charge in [-0.3, -0.25) is 4.21 Å². The Labute approximate surface area is 98.1 Å². The molecule has 0 aromatic carbocycles. The van der Waals surface area contributed by atoms with Gasteiger partial charge in [0, 0.05) is 41.1 Å². The van der Waals surface area contributed by atoms with Gasteiger partial charge in [0.15, 0.2) is 0 Å². The van der Waals surface area contributed by atoms with Gasteiger partial charge in [-0.15, -0.1) is 0 Å². The highest BCUT2D eigenvalue weighted by Gasteiger charge is 2.01. The number of hydrogen-bond acceptors (Lipinski definition) is 5. The molecule has 5 nitrogen and oxygen atoms in total. The van der Waals surface area contributed by atoms with Crippen molar-refractivity contribution in [2.45, 2.75) is 13.3 Å². The van der Waals surface area contributed by atoms with Crippen molar-refractivity contribution in [2.24, 2.45) is 0 Å². The first-order valence-corrected chi connectivity index (χ1v) is 6.78. The van der Waals surface area contributed by atoms with E-state index in [4.69, 9.17) is 4.74 Å². The average Bonchev–Trinajstić information content (AvgIpc) is 2.23. The van der Waals surface area contributed by atoms with Crippen molar-refractivity contribution < 1.29 is 8.95 Å². The van der Waals surface area contributed by atoms with E-state index < -0.39 is 10.8 Å². The molecule has 0 aliphatic heterocycles. The van der Waals surface area contributed by atoms with Gasteiger partial charge in [-0.1, -0.05) is 0 Å². The van der Waals surface area contributed by atoms with Gasteiger partial charge >= 0.3 is 0 Å². The third kappa shape index (κ3) is 4.57. The molecule has 1 rings (SSSR count). The molecule has 1 N–H and O–H groups in total. The van der Waals surface area contributed by atoms with E-state index in [-0.39, 0.29) is 0 Å². The van der Waals surface area contributed by atoms with Crippen LogP contribution in [-0.4, -0.2) is 39.8 Å². The Morgan fingerprint density at radius 1 is 1.50 bits per heavy atom. The number of ether oxygens (including phenoxy) is 1. The summed E-state index contributed by atoms with van der Waals surface area (Å²) in [6.45, 7) is 2.60. The molecule has 90 valence electrons. The zero-order valence-electron chi connectivity index (χ0n) is 9.82. The molecule has 0 radical (unpaired) electrons. The highest BCUT2D eigenvalue weighted by molar-refractivity contribution is 7.84. The van der Waals surface area contributed by atoms with Crippen LogP contribution in [0.4, 0.5) is 5.95 Å². The summed E-state index contributed by atoms with van der Waals surface area (Å²) in [4.78, 5) is 8.37. The Morgan fingerprint density at radius 3 is 2.88 bits per heavy atom. The fourth-order valence-corrected chi connectivity index (χ4v) is 1.75. The van der Waals surface area contributed by atoms with Gasteiger partial charge in [0.2, 0.25) is 11.8 Å². The fourth-order valence-electron chi connectivity index (χ4n) is 1.20. The first-order valence-electron chi connectivity index (χ1n) is 5.05. The molecule has 16 heavy (non-hydrogen) atoms. The fraction of sp³-hybridized carbons (Fsp3) is 0.600. The number of aryl methyl sites for hydroxylation is 1. The number of nitrogens with zero attached hydrogens (tertiary/aromatic N) is 2. The minimum Gasteiger partial charge on any atom is -0.481 e. The molecular weight excluding hydrogens is 226 g/mol. The average molecular weight is 243 g/mol. The number of hydrogen-bond donors (Lipinski definition) is 1. The summed E-state index contributed by atoms with van der Waals surface area (Å²) < 4.78 is 15.9. The molecule has 1 aromatic heterocycles. The van der Waals surface area contributed by atoms with E-state index in [1.807, 2.05) is 6.92 Å². The zero-order valence-corrected chi connectivity index (χ0v) is 10.6. The van der Waals surface area contributed by atoms with Crippen LogP contribution in [0.2, 0.25) is 0 Å². The predicted octanol–water partition coefficient (Wildman–Crippen LogP) is 0.974. The van der Waals surface area contributed by atoms with Crippen molar-refractivity contribution in [3.8, 4) is 5.88 Å².